The van der Waals surface area contributed by atoms with Crippen LogP contribution in [-0.2, 0) is 12.8 Å². The topological polar surface area (TPSA) is 0 Å². The van der Waals surface area contributed by atoms with Gasteiger partial charge in [0.15, 0.2) is 7.14 Å². The molecule has 0 aliphatic rings. The molecule has 0 nitrogen and oxygen atoms in total. The second kappa shape index (κ2) is 19.0. The Hall–Kier alpha value is -0.432. The van der Waals surface area contributed by atoms with Crippen molar-refractivity contribution in [3.05, 3.63) is 66.8 Å². The molecular weight excluding hydrogens is 747 g/mol. The van der Waals surface area contributed by atoms with E-state index < -0.39 is 19.5 Å². The molecule has 0 spiro atoms. The molecule has 8 heteroatoms. The van der Waals surface area contributed by atoms with Crippen LogP contribution in [0.25, 0.3) is 0 Å². The monoisotopic (exact) mass is 796 g/mol. The Bertz CT molecular complexity index is 823. The molecule has 2 aromatic rings. The molecule has 0 atom stereocenters. The second-order valence-electron chi connectivity index (χ2n) is 10.8. The van der Waals surface area contributed by atoms with Crippen molar-refractivity contribution in [3.63, 3.8) is 0 Å². The number of unbranched alkanes of at least 4 members (excludes halogenated alkanes) is 14. The van der Waals surface area contributed by atoms with Gasteiger partial charge in [-0.15, -0.1) is 0 Å². The van der Waals surface area contributed by atoms with E-state index in [9.17, 15) is 16.9 Å². The molecule has 0 bridgehead atoms. The van der Waals surface area contributed by atoms with Crippen LogP contribution >= 0.6 is 0 Å². The van der Waals surface area contributed by atoms with Crippen LogP contribution in [0, 0.1) is 7.14 Å². The fourth-order valence-corrected chi connectivity index (χ4v) is 6.64. The first-order chi connectivity index (χ1) is 18.8. The average molecular weight is 797 g/mol. The predicted molar refractivity (Wildman–Crippen MR) is 155 cm³/mol. The first kappa shape index (κ1) is 37.6. The molecule has 2 aromatic carbocycles. The molecule has 0 unspecified atom stereocenters. The minimum absolute atomic E-state index is 0.0519. The number of aryl methyl sites for hydroxylation is 2. The molecule has 0 saturated carbocycles. The van der Waals surface area contributed by atoms with Gasteiger partial charge in [0.2, 0.25) is 0 Å². The Balaban J connectivity index is 0.00000101. The molecule has 0 aromatic heterocycles. The van der Waals surface area contributed by atoms with E-state index in [0.717, 1.165) is 0 Å². The van der Waals surface area contributed by atoms with Crippen molar-refractivity contribution in [1.29, 1.82) is 0 Å². The van der Waals surface area contributed by atoms with E-state index in [1.807, 2.05) is 0 Å². The maximum atomic E-state index is 9.93. The van der Waals surface area contributed by atoms with Gasteiger partial charge in [-0.05, 0) is 61.1 Å². The van der Waals surface area contributed by atoms with E-state index in [1.54, 1.807) is 7.14 Å². The summed E-state index contributed by atoms with van der Waals surface area (Å²) in [6.07, 6.45) is 25.0. The maximum absolute atomic E-state index is 11.2. The molecule has 0 amide bonds. The third kappa shape index (κ3) is 26.5. The summed E-state index contributed by atoms with van der Waals surface area (Å²) in [5.74, 6) is 0. The molecule has 0 fully saturated rings. The van der Waals surface area contributed by atoms with Crippen LogP contribution in [0.2, 0.25) is 0 Å². The van der Waals surface area contributed by atoms with Crippen molar-refractivity contribution in [2.24, 2.45) is 0 Å². The minimum atomic E-state index is -11.2. The summed E-state index contributed by atoms with van der Waals surface area (Å²) in [5, 5.41) is 0. The van der Waals surface area contributed by atoms with Gasteiger partial charge in [-0.2, -0.15) is 0 Å². The Morgan fingerprint density at radius 2 is 0.675 bits per heavy atom. The van der Waals surface area contributed by atoms with Crippen molar-refractivity contribution in [1.82, 2.24) is 0 Å². The Labute approximate surface area is 252 Å². The molecule has 0 saturated heterocycles. The van der Waals surface area contributed by atoms with Gasteiger partial charge in [-0.1, -0.05) is 128 Å². The summed E-state index contributed by atoms with van der Waals surface area (Å²) >= 11 is -11.3. The zero-order chi connectivity index (χ0) is 29.8. The number of hydrogen-bond acceptors (Lipinski definition) is 0. The molecule has 40 heavy (non-hydrogen) atoms. The van der Waals surface area contributed by atoms with Gasteiger partial charge in [-0.3, -0.25) is 0 Å². The van der Waals surface area contributed by atoms with Gasteiger partial charge in [0.05, 0.1) is 0 Å². The summed E-state index contributed by atoms with van der Waals surface area (Å²) in [6.45, 7) is 4.59. The van der Waals surface area contributed by atoms with Crippen LogP contribution in [0.3, 0.4) is 0 Å². The predicted octanol–water partition coefficient (Wildman–Crippen LogP) is 9.32. The van der Waals surface area contributed by atoms with Gasteiger partial charge < -0.3 is 0 Å². The quantitative estimate of drug-likeness (QED) is 0.0543. The molecule has 0 aliphatic carbocycles. The van der Waals surface area contributed by atoms with E-state index in [2.05, 4.69) is 62.4 Å². The van der Waals surface area contributed by atoms with Gasteiger partial charge in [0.1, 0.15) is 0 Å². The molecule has 232 valence electrons. The van der Waals surface area contributed by atoms with Crippen molar-refractivity contribution >= 4 is 19.5 Å². The fraction of sp³-hybridized carbons (Fsp3) is 0.625. The zero-order valence-electron chi connectivity index (χ0n) is 24.4. The molecular formula is C32H50F6ISb. The van der Waals surface area contributed by atoms with E-state index in [-0.39, 0.29) is 21.2 Å². The molecule has 0 heterocycles. The van der Waals surface area contributed by atoms with Crippen LogP contribution in [0.5, 0.6) is 0 Å². The Morgan fingerprint density at radius 3 is 0.950 bits per heavy atom. The molecule has 2 rings (SSSR count). The van der Waals surface area contributed by atoms with Crippen molar-refractivity contribution in [2.75, 3.05) is 0 Å². The van der Waals surface area contributed by atoms with Crippen molar-refractivity contribution in [3.8, 4) is 0 Å². The van der Waals surface area contributed by atoms with Gasteiger partial charge >= 0.3 is 57.6 Å². The number of halogens is 7. The van der Waals surface area contributed by atoms with Crippen LogP contribution in [0.4, 0.5) is 16.9 Å². The summed E-state index contributed by atoms with van der Waals surface area (Å²) < 4.78 is 62.6. The van der Waals surface area contributed by atoms with Crippen LogP contribution in [-0.4, -0.2) is 19.5 Å². The normalized spacial score (nSPS) is 13.3. The zero-order valence-corrected chi connectivity index (χ0v) is 29.1. The van der Waals surface area contributed by atoms with Crippen molar-refractivity contribution in [2.45, 2.75) is 129 Å². The first-order valence-electron chi connectivity index (χ1n) is 15.2. The number of hydrogen-bond donors (Lipinski definition) is 0. The Kier molecular flexibility index (Phi) is 17.8. The van der Waals surface area contributed by atoms with Crippen LogP contribution in [0.15, 0.2) is 48.5 Å². The number of rotatable bonds is 20. The molecule has 0 N–H and O–H groups in total. The second-order valence-corrected chi connectivity index (χ2v) is 19.3. The van der Waals surface area contributed by atoms with E-state index in [1.165, 1.54) is 127 Å². The summed E-state index contributed by atoms with van der Waals surface area (Å²) in [7, 11) is 0. The standard InChI is InChI=1S/C32H50I.6FH.Sb/c1-3-5-7-9-11-13-15-17-19-29-21-25-31(26-22-29)33-32-27-23-30(24-28-32)20-18-16-14-12-10-8-6-4-2;;;;;;;/h21-28H,3-20H2,1-2H3;6*1H;/q+1;;;;;;;+5/p-6. The summed E-state index contributed by atoms with van der Waals surface area (Å²) in [6, 6.07) is 19.1. The molecule has 0 radical (unpaired) electrons. The van der Waals surface area contributed by atoms with Gasteiger partial charge in [0.25, 0.3) is 0 Å². The average Bonchev–Trinajstić information content (AvgIpc) is 2.87. The Morgan fingerprint density at radius 1 is 0.425 bits per heavy atom. The molecule has 0 aliphatic heterocycles. The SMILES string of the molecule is CCCCCCCCCCc1ccc([I+]c2ccc(CCCCCCCCCC)cc2)cc1.[F][Sb-]([F])([F])([F])([F])[F]. The first-order valence-corrected chi connectivity index (χ1v) is 23.1. The number of benzene rings is 2. The summed E-state index contributed by atoms with van der Waals surface area (Å²) in [5.41, 5.74) is 3.05. The van der Waals surface area contributed by atoms with Crippen molar-refractivity contribution < 1.29 is 38.1 Å². The van der Waals surface area contributed by atoms with Gasteiger partial charge in [0, 0.05) is 0 Å². The van der Waals surface area contributed by atoms with E-state index in [0.29, 0.717) is 0 Å². The third-order valence-corrected chi connectivity index (χ3v) is 9.37. The summed E-state index contributed by atoms with van der Waals surface area (Å²) in [4.78, 5) is 0. The fourth-order valence-electron chi connectivity index (χ4n) is 4.48. The van der Waals surface area contributed by atoms with E-state index >= 15 is 0 Å². The van der Waals surface area contributed by atoms with Crippen LogP contribution in [0.1, 0.15) is 128 Å². The van der Waals surface area contributed by atoms with Gasteiger partial charge in [-0.25, -0.2) is 0 Å². The van der Waals surface area contributed by atoms with E-state index in [4.69, 9.17) is 0 Å². The van der Waals surface area contributed by atoms with Crippen LogP contribution < -0.4 is 21.2 Å². The third-order valence-electron chi connectivity index (χ3n) is 6.68.